The third-order valence-electron chi connectivity index (χ3n) is 5.17. The number of hydrogen-bond acceptors (Lipinski definition) is 3. The largest absolute Gasteiger partial charge is 0.361 e. The molecular formula is C23H23ClN4O2. The van der Waals surface area contributed by atoms with Crippen molar-refractivity contribution in [3.05, 3.63) is 75.3 Å². The molecule has 0 aliphatic rings. The van der Waals surface area contributed by atoms with Gasteiger partial charge in [0, 0.05) is 34.1 Å². The number of H-pyrrole nitrogens is 1. The standard InChI is InChI=1S/C23H23ClN4O2/c1-14(2)28-23(30)18-6-4-3-5-17(18)21(27-28)12-22(29)25-10-9-15-13-26-20-8-7-16(24)11-19(15)20/h3-8,11,13-14,26H,9-10,12H2,1-2H3,(H,25,29). The van der Waals surface area contributed by atoms with Gasteiger partial charge in [0.2, 0.25) is 5.91 Å². The molecule has 2 aromatic carbocycles. The van der Waals surface area contributed by atoms with Gasteiger partial charge in [0.25, 0.3) is 5.56 Å². The lowest BCUT2D eigenvalue weighted by molar-refractivity contribution is -0.120. The molecule has 6 nitrogen and oxygen atoms in total. The van der Waals surface area contributed by atoms with E-state index in [0.29, 0.717) is 29.1 Å². The summed E-state index contributed by atoms with van der Waals surface area (Å²) in [6.45, 7) is 4.31. The SMILES string of the molecule is CC(C)n1nc(CC(=O)NCCc2c[nH]c3ccc(Cl)cc23)c2ccccc2c1=O. The van der Waals surface area contributed by atoms with Gasteiger partial charge in [0.1, 0.15) is 0 Å². The Morgan fingerprint density at radius 1 is 1.17 bits per heavy atom. The van der Waals surface area contributed by atoms with Crippen LogP contribution in [0.4, 0.5) is 0 Å². The summed E-state index contributed by atoms with van der Waals surface area (Å²) < 4.78 is 1.45. The molecule has 0 aliphatic carbocycles. The number of carbonyl (C=O) groups is 1. The number of aromatic amines is 1. The first-order valence-corrected chi connectivity index (χ1v) is 10.3. The molecule has 0 spiro atoms. The summed E-state index contributed by atoms with van der Waals surface area (Å²) in [6.07, 6.45) is 2.75. The molecule has 4 rings (SSSR count). The maximum absolute atomic E-state index is 12.6. The summed E-state index contributed by atoms with van der Waals surface area (Å²) in [5.41, 5.74) is 2.59. The highest BCUT2D eigenvalue weighted by Crippen LogP contribution is 2.22. The van der Waals surface area contributed by atoms with E-state index in [2.05, 4.69) is 15.4 Å². The Morgan fingerprint density at radius 2 is 1.93 bits per heavy atom. The van der Waals surface area contributed by atoms with E-state index in [0.717, 1.165) is 21.9 Å². The van der Waals surface area contributed by atoms with Crippen LogP contribution >= 0.6 is 11.6 Å². The Hall–Kier alpha value is -3.12. The summed E-state index contributed by atoms with van der Waals surface area (Å²) in [5.74, 6) is -0.125. The highest BCUT2D eigenvalue weighted by Gasteiger charge is 2.15. The van der Waals surface area contributed by atoms with Crippen molar-refractivity contribution in [3.8, 4) is 0 Å². The number of nitrogens with zero attached hydrogens (tertiary/aromatic N) is 2. The second-order valence-electron chi connectivity index (χ2n) is 7.62. The number of benzene rings is 2. The van der Waals surface area contributed by atoms with Gasteiger partial charge in [-0.3, -0.25) is 9.59 Å². The highest BCUT2D eigenvalue weighted by atomic mass is 35.5. The van der Waals surface area contributed by atoms with Crippen molar-refractivity contribution in [1.82, 2.24) is 20.1 Å². The molecule has 4 aromatic rings. The normalized spacial score (nSPS) is 11.5. The third kappa shape index (κ3) is 3.96. The van der Waals surface area contributed by atoms with Crippen LogP contribution in [0.25, 0.3) is 21.7 Å². The minimum absolute atomic E-state index is 0.0855. The molecular weight excluding hydrogens is 400 g/mol. The quantitative estimate of drug-likeness (QED) is 0.492. The summed E-state index contributed by atoms with van der Waals surface area (Å²) in [4.78, 5) is 28.5. The van der Waals surface area contributed by atoms with Gasteiger partial charge in [-0.15, -0.1) is 0 Å². The van der Waals surface area contributed by atoms with E-state index in [1.165, 1.54) is 4.68 Å². The highest BCUT2D eigenvalue weighted by molar-refractivity contribution is 6.31. The average molecular weight is 423 g/mol. The predicted octanol–water partition coefficient (Wildman–Crippen LogP) is 4.01. The maximum atomic E-state index is 12.6. The van der Waals surface area contributed by atoms with Crippen molar-refractivity contribution >= 4 is 39.2 Å². The zero-order chi connectivity index (χ0) is 21.3. The van der Waals surface area contributed by atoms with Gasteiger partial charge in [-0.1, -0.05) is 29.8 Å². The van der Waals surface area contributed by atoms with Crippen LogP contribution < -0.4 is 10.9 Å². The van der Waals surface area contributed by atoms with E-state index < -0.39 is 0 Å². The Bertz CT molecular complexity index is 1290. The van der Waals surface area contributed by atoms with Crippen LogP contribution in [0.2, 0.25) is 5.02 Å². The number of fused-ring (bicyclic) bond motifs is 2. The number of nitrogens with one attached hydrogen (secondary N) is 2. The minimum Gasteiger partial charge on any atom is -0.361 e. The van der Waals surface area contributed by atoms with Crippen molar-refractivity contribution in [3.63, 3.8) is 0 Å². The van der Waals surface area contributed by atoms with Crippen LogP contribution in [0.15, 0.2) is 53.5 Å². The van der Waals surface area contributed by atoms with E-state index in [9.17, 15) is 9.59 Å². The van der Waals surface area contributed by atoms with Crippen molar-refractivity contribution in [2.45, 2.75) is 32.7 Å². The van der Waals surface area contributed by atoms with Crippen LogP contribution in [-0.2, 0) is 17.6 Å². The van der Waals surface area contributed by atoms with Gasteiger partial charge in [-0.2, -0.15) is 5.10 Å². The van der Waals surface area contributed by atoms with E-state index in [1.807, 2.05) is 56.4 Å². The summed E-state index contributed by atoms with van der Waals surface area (Å²) in [6, 6.07) is 12.9. The number of hydrogen-bond donors (Lipinski definition) is 2. The van der Waals surface area contributed by atoms with E-state index in [1.54, 1.807) is 6.07 Å². The molecule has 0 aliphatic heterocycles. The van der Waals surface area contributed by atoms with Crippen LogP contribution in [0.1, 0.15) is 31.1 Å². The summed E-state index contributed by atoms with van der Waals surface area (Å²) >= 11 is 6.10. The molecule has 2 aromatic heterocycles. The first-order valence-electron chi connectivity index (χ1n) is 9.96. The molecule has 0 bridgehead atoms. The lowest BCUT2D eigenvalue weighted by Gasteiger charge is -2.13. The van der Waals surface area contributed by atoms with Crippen molar-refractivity contribution in [1.29, 1.82) is 0 Å². The van der Waals surface area contributed by atoms with Crippen LogP contribution in [0, 0.1) is 0 Å². The molecule has 0 saturated heterocycles. The molecule has 2 heterocycles. The predicted molar refractivity (Wildman–Crippen MR) is 120 cm³/mol. The smallest absolute Gasteiger partial charge is 0.274 e. The lowest BCUT2D eigenvalue weighted by Crippen LogP contribution is -2.30. The number of carbonyl (C=O) groups excluding carboxylic acids is 1. The van der Waals surface area contributed by atoms with Gasteiger partial charge < -0.3 is 10.3 Å². The van der Waals surface area contributed by atoms with Crippen molar-refractivity contribution in [2.24, 2.45) is 0 Å². The second-order valence-corrected chi connectivity index (χ2v) is 8.05. The van der Waals surface area contributed by atoms with E-state index in [4.69, 9.17) is 11.6 Å². The Morgan fingerprint density at radius 3 is 2.70 bits per heavy atom. The van der Waals surface area contributed by atoms with Crippen LogP contribution in [-0.4, -0.2) is 27.2 Å². The fourth-order valence-corrected chi connectivity index (χ4v) is 3.84. The Balaban J connectivity index is 1.49. The zero-order valence-electron chi connectivity index (χ0n) is 16.9. The van der Waals surface area contributed by atoms with Crippen LogP contribution in [0.3, 0.4) is 0 Å². The number of rotatable bonds is 6. The fraction of sp³-hybridized carbons (Fsp3) is 0.261. The third-order valence-corrected chi connectivity index (χ3v) is 5.40. The van der Waals surface area contributed by atoms with Crippen molar-refractivity contribution < 1.29 is 4.79 Å². The van der Waals surface area contributed by atoms with E-state index in [-0.39, 0.29) is 23.9 Å². The second kappa shape index (κ2) is 8.32. The number of halogens is 1. The minimum atomic E-state index is -0.136. The molecule has 0 radical (unpaired) electrons. The van der Waals surface area contributed by atoms with Crippen molar-refractivity contribution in [2.75, 3.05) is 6.54 Å². The molecule has 7 heteroatoms. The topological polar surface area (TPSA) is 79.8 Å². The molecule has 0 fully saturated rings. The van der Waals surface area contributed by atoms with Gasteiger partial charge >= 0.3 is 0 Å². The average Bonchev–Trinajstić information content (AvgIpc) is 3.12. The Kier molecular flexibility index (Phi) is 5.59. The number of aromatic nitrogens is 3. The Labute approximate surface area is 178 Å². The van der Waals surface area contributed by atoms with Gasteiger partial charge in [0.15, 0.2) is 0 Å². The summed E-state index contributed by atoms with van der Waals surface area (Å²) in [7, 11) is 0. The molecule has 154 valence electrons. The van der Waals surface area contributed by atoms with Crippen LogP contribution in [0.5, 0.6) is 0 Å². The zero-order valence-corrected chi connectivity index (χ0v) is 17.7. The molecule has 30 heavy (non-hydrogen) atoms. The molecule has 0 atom stereocenters. The van der Waals surface area contributed by atoms with Gasteiger partial charge in [0.05, 0.1) is 23.5 Å². The first-order chi connectivity index (χ1) is 14.4. The van der Waals surface area contributed by atoms with Gasteiger partial charge in [-0.05, 0) is 50.1 Å². The van der Waals surface area contributed by atoms with Gasteiger partial charge in [-0.25, -0.2) is 4.68 Å². The molecule has 1 amide bonds. The van der Waals surface area contributed by atoms with E-state index >= 15 is 0 Å². The fourth-order valence-electron chi connectivity index (χ4n) is 3.66. The first kappa shape index (κ1) is 20.2. The molecule has 0 saturated carbocycles. The summed E-state index contributed by atoms with van der Waals surface area (Å²) in [5, 5.41) is 10.5. The molecule has 2 N–H and O–H groups in total. The maximum Gasteiger partial charge on any atom is 0.274 e. The number of amides is 1. The monoisotopic (exact) mass is 422 g/mol. The molecule has 0 unspecified atom stereocenters. The lowest BCUT2D eigenvalue weighted by atomic mass is 10.1.